The van der Waals surface area contributed by atoms with E-state index in [2.05, 4.69) is 25.9 Å². The van der Waals surface area contributed by atoms with E-state index in [1.807, 2.05) is 0 Å². The molecule has 0 spiro atoms. The number of alkyl halides is 3. The second-order valence-corrected chi connectivity index (χ2v) is 4.77. The number of amides is 1. The van der Waals surface area contributed by atoms with E-state index in [0.717, 1.165) is 12.1 Å². The number of carbonyl (C=O) groups is 1. The van der Waals surface area contributed by atoms with Crippen molar-refractivity contribution in [2.45, 2.75) is 6.18 Å². The lowest BCUT2D eigenvalue weighted by Crippen LogP contribution is -2.14. The van der Waals surface area contributed by atoms with Crippen LogP contribution in [0, 0.1) is 0 Å². The van der Waals surface area contributed by atoms with Gasteiger partial charge >= 0.3 is 12.2 Å². The molecule has 2 N–H and O–H groups in total. The molecule has 2 rings (SSSR count). The Morgan fingerprint density at radius 2 is 1.86 bits per heavy atom. The van der Waals surface area contributed by atoms with Crippen molar-refractivity contribution < 1.29 is 22.7 Å². The molecule has 0 radical (unpaired) electrons. The van der Waals surface area contributed by atoms with Crippen LogP contribution in [-0.2, 0) is 6.18 Å². The van der Waals surface area contributed by atoms with Crippen molar-refractivity contribution in [3.05, 3.63) is 46.2 Å². The molecule has 21 heavy (non-hydrogen) atoms. The second-order valence-electron chi connectivity index (χ2n) is 3.86. The summed E-state index contributed by atoms with van der Waals surface area (Å²) in [5.41, 5.74) is 3.56. The highest BCUT2D eigenvalue weighted by Crippen LogP contribution is 2.38. The Balaban J connectivity index is 2.43. The number of nitrogens with zero attached hydrogens (tertiary/aromatic N) is 2. The van der Waals surface area contributed by atoms with Crippen molar-refractivity contribution in [2.75, 3.05) is 0 Å². The molecule has 0 bridgehead atoms. The Labute approximate surface area is 125 Å². The molecule has 2 aromatic rings. The van der Waals surface area contributed by atoms with E-state index in [1.165, 1.54) is 12.4 Å². The van der Waals surface area contributed by atoms with Crippen LogP contribution in [0.25, 0.3) is 0 Å². The molecule has 1 heterocycles. The smallest absolute Gasteiger partial charge is 0.420 e. The fraction of sp³-hybridized carbons (Fsp3) is 0.0833. The lowest BCUT2D eigenvalue weighted by molar-refractivity contribution is -0.138. The molecule has 1 aromatic heterocycles. The lowest BCUT2D eigenvalue weighted by atomic mass is 10.1. The number of halogens is 4. The van der Waals surface area contributed by atoms with Crippen LogP contribution >= 0.6 is 15.9 Å². The summed E-state index contributed by atoms with van der Waals surface area (Å²) in [6, 6.07) is 2.49. The minimum atomic E-state index is -4.71. The molecule has 0 aliphatic carbocycles. The first-order valence-electron chi connectivity index (χ1n) is 5.44. The van der Waals surface area contributed by atoms with Crippen LogP contribution < -0.4 is 10.5 Å². The molecule has 0 atom stereocenters. The van der Waals surface area contributed by atoms with Crippen molar-refractivity contribution in [3.63, 3.8) is 0 Å². The van der Waals surface area contributed by atoms with E-state index >= 15 is 0 Å². The third kappa shape index (κ3) is 3.69. The van der Waals surface area contributed by atoms with Crippen LogP contribution in [-0.4, -0.2) is 15.9 Å². The minimum absolute atomic E-state index is 0.254. The van der Waals surface area contributed by atoms with Crippen LogP contribution in [0.2, 0.25) is 0 Å². The van der Waals surface area contributed by atoms with Gasteiger partial charge in [-0.2, -0.15) is 13.2 Å². The van der Waals surface area contributed by atoms with Crippen LogP contribution in [0.3, 0.4) is 0 Å². The summed E-state index contributed by atoms with van der Waals surface area (Å²) in [5.74, 6) is -1.48. The summed E-state index contributed by atoms with van der Waals surface area (Å²) < 4.78 is 44.5. The number of nitrogens with two attached hydrogens (primary N) is 1. The van der Waals surface area contributed by atoms with Crippen LogP contribution in [0.4, 0.5) is 13.2 Å². The summed E-state index contributed by atoms with van der Waals surface area (Å²) in [6.45, 7) is 0. The molecule has 9 heteroatoms. The zero-order valence-corrected chi connectivity index (χ0v) is 11.8. The zero-order chi connectivity index (χ0) is 15.6. The minimum Gasteiger partial charge on any atom is -0.424 e. The van der Waals surface area contributed by atoms with E-state index in [1.54, 1.807) is 0 Å². The van der Waals surface area contributed by atoms with E-state index in [-0.39, 0.29) is 11.6 Å². The molecular weight excluding hydrogens is 355 g/mol. The molecule has 5 nitrogen and oxygen atoms in total. The standard InChI is InChI=1S/C12H7BrF3N3O2/c13-7-4-18-11(19-5-7)21-9-2-1-6(10(17)20)3-8(9)12(14,15)16/h1-5H,(H2,17,20). The maximum absolute atomic E-state index is 13.0. The summed E-state index contributed by atoms with van der Waals surface area (Å²) in [7, 11) is 0. The van der Waals surface area contributed by atoms with Crippen molar-refractivity contribution in [2.24, 2.45) is 5.73 Å². The Hall–Kier alpha value is -2.16. The maximum Gasteiger partial charge on any atom is 0.420 e. The van der Waals surface area contributed by atoms with E-state index < -0.39 is 23.4 Å². The van der Waals surface area contributed by atoms with Gasteiger partial charge in [-0.15, -0.1) is 0 Å². The van der Waals surface area contributed by atoms with Gasteiger partial charge in [-0.3, -0.25) is 4.79 Å². The molecule has 0 unspecified atom stereocenters. The van der Waals surface area contributed by atoms with E-state index in [4.69, 9.17) is 10.5 Å². The molecule has 1 aromatic carbocycles. The Morgan fingerprint density at radius 1 is 1.24 bits per heavy atom. The molecule has 0 aliphatic heterocycles. The van der Waals surface area contributed by atoms with Crippen LogP contribution in [0.15, 0.2) is 35.1 Å². The first-order chi connectivity index (χ1) is 9.77. The van der Waals surface area contributed by atoms with Crippen molar-refractivity contribution in [1.82, 2.24) is 9.97 Å². The van der Waals surface area contributed by atoms with Crippen molar-refractivity contribution in [1.29, 1.82) is 0 Å². The van der Waals surface area contributed by atoms with Gasteiger partial charge in [0.15, 0.2) is 0 Å². The molecule has 0 fully saturated rings. The number of aromatic nitrogens is 2. The molecule has 0 saturated heterocycles. The highest BCUT2D eigenvalue weighted by Gasteiger charge is 2.35. The van der Waals surface area contributed by atoms with Crippen LogP contribution in [0.5, 0.6) is 11.8 Å². The number of ether oxygens (including phenoxy) is 1. The summed E-state index contributed by atoms with van der Waals surface area (Å²) in [5, 5.41) is 0. The zero-order valence-electron chi connectivity index (χ0n) is 10.2. The predicted octanol–water partition coefficient (Wildman–Crippen LogP) is 3.15. The third-order valence-electron chi connectivity index (χ3n) is 2.37. The lowest BCUT2D eigenvalue weighted by Gasteiger charge is -2.13. The second kappa shape index (κ2) is 5.68. The SMILES string of the molecule is NC(=O)c1ccc(Oc2ncc(Br)cn2)c(C(F)(F)F)c1. The topological polar surface area (TPSA) is 78.1 Å². The van der Waals surface area contributed by atoms with Gasteiger partial charge in [0.2, 0.25) is 5.91 Å². The van der Waals surface area contributed by atoms with Gasteiger partial charge in [-0.25, -0.2) is 9.97 Å². The van der Waals surface area contributed by atoms with Gasteiger partial charge in [0.05, 0.1) is 10.0 Å². The molecular formula is C12H7BrF3N3O2. The number of primary amides is 1. The Kier molecular flexibility index (Phi) is 4.12. The van der Waals surface area contributed by atoms with Crippen LogP contribution in [0.1, 0.15) is 15.9 Å². The highest BCUT2D eigenvalue weighted by atomic mass is 79.9. The van der Waals surface area contributed by atoms with Gasteiger partial charge in [0, 0.05) is 18.0 Å². The summed E-state index contributed by atoms with van der Waals surface area (Å²) >= 11 is 3.09. The fourth-order valence-electron chi connectivity index (χ4n) is 1.45. The van der Waals surface area contributed by atoms with Crippen molar-refractivity contribution >= 4 is 21.8 Å². The average molecular weight is 362 g/mol. The van der Waals surface area contributed by atoms with E-state index in [0.29, 0.717) is 10.5 Å². The third-order valence-corrected chi connectivity index (χ3v) is 2.78. The van der Waals surface area contributed by atoms with Gasteiger partial charge in [0.25, 0.3) is 0 Å². The number of hydrogen-bond acceptors (Lipinski definition) is 4. The van der Waals surface area contributed by atoms with Gasteiger partial charge in [-0.1, -0.05) is 0 Å². The number of rotatable bonds is 3. The monoisotopic (exact) mass is 361 g/mol. The van der Waals surface area contributed by atoms with Crippen molar-refractivity contribution in [3.8, 4) is 11.8 Å². The normalized spacial score (nSPS) is 11.2. The molecule has 0 aliphatic rings. The first kappa shape index (κ1) is 15.2. The Bertz CT molecular complexity index is 674. The number of carbonyl (C=O) groups excluding carboxylic acids is 1. The summed E-state index contributed by atoms with van der Waals surface area (Å²) in [6.07, 6.45) is -2.06. The Morgan fingerprint density at radius 3 is 2.38 bits per heavy atom. The number of hydrogen-bond donors (Lipinski definition) is 1. The molecule has 0 saturated carbocycles. The maximum atomic E-state index is 13.0. The highest BCUT2D eigenvalue weighted by molar-refractivity contribution is 9.10. The fourth-order valence-corrected chi connectivity index (χ4v) is 1.65. The largest absolute Gasteiger partial charge is 0.424 e. The average Bonchev–Trinajstić information content (AvgIpc) is 2.40. The van der Waals surface area contributed by atoms with Gasteiger partial charge in [-0.05, 0) is 34.1 Å². The first-order valence-corrected chi connectivity index (χ1v) is 6.23. The summed E-state index contributed by atoms with van der Waals surface area (Å²) in [4.78, 5) is 18.4. The van der Waals surface area contributed by atoms with Gasteiger partial charge in [0.1, 0.15) is 5.75 Å². The number of benzene rings is 1. The van der Waals surface area contributed by atoms with Gasteiger partial charge < -0.3 is 10.5 Å². The molecule has 110 valence electrons. The quantitative estimate of drug-likeness (QED) is 0.910. The predicted molar refractivity (Wildman–Crippen MR) is 69.8 cm³/mol. The van der Waals surface area contributed by atoms with E-state index in [9.17, 15) is 18.0 Å². The molecule has 1 amide bonds.